The van der Waals surface area contributed by atoms with Gasteiger partial charge in [-0.3, -0.25) is 4.90 Å². The maximum absolute atomic E-state index is 12.8. The number of fused-ring (bicyclic) bond motifs is 3. The molecular formula is C22H25NO5. The van der Waals surface area contributed by atoms with Crippen LogP contribution in [0.25, 0.3) is 11.1 Å². The molecule has 1 amide bonds. The van der Waals surface area contributed by atoms with Gasteiger partial charge in [0.25, 0.3) is 0 Å². The summed E-state index contributed by atoms with van der Waals surface area (Å²) in [6.45, 7) is 4.54. The minimum Gasteiger partial charge on any atom is -0.480 e. The summed E-state index contributed by atoms with van der Waals surface area (Å²) in [6.07, 6.45) is -0.754. The highest BCUT2D eigenvalue weighted by atomic mass is 16.6. The van der Waals surface area contributed by atoms with Crippen LogP contribution in [0.2, 0.25) is 0 Å². The van der Waals surface area contributed by atoms with Gasteiger partial charge < -0.3 is 14.9 Å². The van der Waals surface area contributed by atoms with Crippen molar-refractivity contribution in [3.63, 3.8) is 0 Å². The zero-order valence-electron chi connectivity index (χ0n) is 16.3. The number of ether oxygens (including phenoxy) is 1. The molecule has 6 nitrogen and oxygen atoms in total. The van der Waals surface area contributed by atoms with Crippen molar-refractivity contribution in [3.05, 3.63) is 59.7 Å². The average molecular weight is 383 g/mol. The third kappa shape index (κ3) is 3.60. The van der Waals surface area contributed by atoms with E-state index in [9.17, 15) is 19.8 Å². The molecule has 0 aromatic heterocycles. The van der Waals surface area contributed by atoms with Crippen molar-refractivity contribution in [1.29, 1.82) is 0 Å². The third-order valence-electron chi connectivity index (χ3n) is 5.03. The van der Waals surface area contributed by atoms with E-state index in [-0.39, 0.29) is 12.5 Å². The maximum atomic E-state index is 12.8. The molecule has 1 aliphatic carbocycles. The second-order valence-electron chi connectivity index (χ2n) is 7.88. The van der Waals surface area contributed by atoms with Crippen LogP contribution in [-0.2, 0) is 9.53 Å². The van der Waals surface area contributed by atoms with Crippen LogP contribution in [0.4, 0.5) is 4.79 Å². The van der Waals surface area contributed by atoms with Crippen LogP contribution in [0.5, 0.6) is 0 Å². The normalized spacial score (nSPS) is 14.1. The molecule has 1 atom stereocenters. The molecule has 0 radical (unpaired) electrons. The standard InChI is InChI=1S/C22H25NO5/c1-22(2,3)23(19(12-24)20(25)26)21(27)28-13-18-16-10-6-4-8-14(16)15-9-5-7-11-17(15)18/h4-11,18-19,24H,12-13H2,1-3H3,(H,25,26). The highest BCUT2D eigenvalue weighted by Gasteiger charge is 2.39. The van der Waals surface area contributed by atoms with Gasteiger partial charge in [0.05, 0.1) is 6.61 Å². The number of aliphatic hydroxyl groups excluding tert-OH is 1. The van der Waals surface area contributed by atoms with Crippen LogP contribution in [-0.4, -0.2) is 52.0 Å². The van der Waals surface area contributed by atoms with Gasteiger partial charge in [-0.15, -0.1) is 0 Å². The topological polar surface area (TPSA) is 87.1 Å². The highest BCUT2D eigenvalue weighted by molar-refractivity contribution is 5.81. The van der Waals surface area contributed by atoms with Crippen molar-refractivity contribution in [1.82, 2.24) is 4.90 Å². The number of aliphatic carboxylic acids is 1. The number of hydrogen-bond acceptors (Lipinski definition) is 4. The minimum absolute atomic E-state index is 0.0945. The fraction of sp³-hybridized carbons (Fsp3) is 0.364. The van der Waals surface area contributed by atoms with Crippen molar-refractivity contribution in [2.75, 3.05) is 13.2 Å². The largest absolute Gasteiger partial charge is 0.480 e. The summed E-state index contributed by atoms with van der Waals surface area (Å²) in [5.74, 6) is -1.39. The molecule has 6 heteroatoms. The van der Waals surface area contributed by atoms with Crippen LogP contribution < -0.4 is 0 Å². The van der Waals surface area contributed by atoms with E-state index in [1.807, 2.05) is 48.5 Å². The number of carbonyl (C=O) groups is 2. The number of hydrogen-bond donors (Lipinski definition) is 2. The maximum Gasteiger partial charge on any atom is 0.411 e. The lowest BCUT2D eigenvalue weighted by Gasteiger charge is -2.38. The molecule has 0 fully saturated rings. The number of benzene rings is 2. The molecule has 0 bridgehead atoms. The summed E-state index contributed by atoms with van der Waals surface area (Å²) in [5, 5.41) is 18.9. The Morgan fingerprint density at radius 2 is 1.54 bits per heavy atom. The van der Waals surface area contributed by atoms with Crippen molar-refractivity contribution in [3.8, 4) is 11.1 Å². The molecule has 148 valence electrons. The average Bonchev–Trinajstić information content (AvgIpc) is 2.96. The molecular weight excluding hydrogens is 358 g/mol. The van der Waals surface area contributed by atoms with Crippen LogP contribution in [0, 0.1) is 0 Å². The molecule has 0 saturated heterocycles. The fourth-order valence-corrected chi connectivity index (χ4v) is 3.80. The van der Waals surface area contributed by atoms with Gasteiger partial charge in [0.15, 0.2) is 6.04 Å². The number of carboxylic acid groups (broad SMARTS) is 1. The van der Waals surface area contributed by atoms with E-state index in [1.54, 1.807) is 20.8 Å². The van der Waals surface area contributed by atoms with Crippen molar-refractivity contribution in [2.24, 2.45) is 0 Å². The second kappa shape index (κ2) is 7.64. The molecule has 0 saturated carbocycles. The molecule has 0 aliphatic heterocycles. The number of nitrogens with zero attached hydrogens (tertiary/aromatic N) is 1. The number of carboxylic acids is 1. The second-order valence-corrected chi connectivity index (χ2v) is 7.88. The predicted octanol–water partition coefficient (Wildman–Crippen LogP) is 3.48. The number of rotatable bonds is 5. The van der Waals surface area contributed by atoms with Gasteiger partial charge in [-0.25, -0.2) is 9.59 Å². The van der Waals surface area contributed by atoms with Gasteiger partial charge in [0.1, 0.15) is 6.61 Å². The van der Waals surface area contributed by atoms with E-state index in [0.29, 0.717) is 0 Å². The molecule has 3 rings (SSSR count). The van der Waals surface area contributed by atoms with Crippen molar-refractivity contribution < 1.29 is 24.5 Å². The lowest BCUT2D eigenvalue weighted by atomic mass is 9.98. The summed E-state index contributed by atoms with van der Waals surface area (Å²) < 4.78 is 5.57. The Morgan fingerprint density at radius 3 is 1.96 bits per heavy atom. The first-order valence-corrected chi connectivity index (χ1v) is 9.23. The number of amides is 1. The Hall–Kier alpha value is -2.86. The van der Waals surface area contributed by atoms with E-state index in [0.717, 1.165) is 27.2 Å². The lowest BCUT2D eigenvalue weighted by molar-refractivity contribution is -0.146. The SMILES string of the molecule is CC(C)(C)N(C(=O)OCC1c2ccccc2-c2ccccc21)C(CO)C(=O)O. The van der Waals surface area contributed by atoms with Gasteiger partial charge in [0.2, 0.25) is 0 Å². The van der Waals surface area contributed by atoms with Crippen molar-refractivity contribution >= 4 is 12.1 Å². The Bertz CT molecular complexity index is 841. The van der Waals surface area contributed by atoms with Crippen LogP contribution in [0.3, 0.4) is 0 Å². The first-order valence-electron chi connectivity index (χ1n) is 9.23. The fourth-order valence-electron chi connectivity index (χ4n) is 3.80. The summed E-state index contributed by atoms with van der Waals surface area (Å²) in [4.78, 5) is 25.4. The zero-order chi connectivity index (χ0) is 20.5. The molecule has 2 aromatic rings. The summed E-state index contributed by atoms with van der Waals surface area (Å²) in [5.41, 5.74) is 3.57. The zero-order valence-corrected chi connectivity index (χ0v) is 16.3. The van der Waals surface area contributed by atoms with E-state index < -0.39 is 30.3 Å². The van der Waals surface area contributed by atoms with E-state index in [2.05, 4.69) is 0 Å². The summed E-state index contributed by atoms with van der Waals surface area (Å²) >= 11 is 0. The monoisotopic (exact) mass is 383 g/mol. The summed E-state index contributed by atoms with van der Waals surface area (Å²) in [7, 11) is 0. The first kappa shape index (κ1) is 19.9. The van der Waals surface area contributed by atoms with Gasteiger partial charge in [-0.05, 0) is 43.0 Å². The van der Waals surface area contributed by atoms with Crippen LogP contribution in [0.1, 0.15) is 37.8 Å². The number of carbonyl (C=O) groups excluding carboxylic acids is 1. The van der Waals surface area contributed by atoms with Gasteiger partial charge in [-0.2, -0.15) is 0 Å². The van der Waals surface area contributed by atoms with Gasteiger partial charge >= 0.3 is 12.1 Å². The Balaban J connectivity index is 1.85. The first-order chi connectivity index (χ1) is 13.3. The molecule has 2 aromatic carbocycles. The Morgan fingerprint density at radius 1 is 1.04 bits per heavy atom. The van der Waals surface area contributed by atoms with Crippen molar-refractivity contribution in [2.45, 2.75) is 38.3 Å². The van der Waals surface area contributed by atoms with Gasteiger partial charge in [-0.1, -0.05) is 48.5 Å². The van der Waals surface area contributed by atoms with Gasteiger partial charge in [0, 0.05) is 11.5 Å². The molecule has 1 aliphatic rings. The molecule has 0 spiro atoms. The quantitative estimate of drug-likeness (QED) is 0.825. The molecule has 2 N–H and O–H groups in total. The van der Waals surface area contributed by atoms with E-state index in [4.69, 9.17) is 4.74 Å². The highest BCUT2D eigenvalue weighted by Crippen LogP contribution is 2.44. The van der Waals surface area contributed by atoms with E-state index >= 15 is 0 Å². The predicted molar refractivity (Wildman–Crippen MR) is 105 cm³/mol. The van der Waals surface area contributed by atoms with Crippen LogP contribution in [0.15, 0.2) is 48.5 Å². The van der Waals surface area contributed by atoms with E-state index in [1.165, 1.54) is 0 Å². The Kier molecular flexibility index (Phi) is 5.42. The molecule has 1 unspecified atom stereocenters. The third-order valence-corrected chi connectivity index (χ3v) is 5.03. The lowest BCUT2D eigenvalue weighted by Crippen LogP contribution is -2.56. The summed E-state index contributed by atoms with van der Waals surface area (Å²) in [6, 6.07) is 14.6. The minimum atomic E-state index is -1.37. The van der Waals surface area contributed by atoms with Crippen LogP contribution >= 0.6 is 0 Å². The molecule has 28 heavy (non-hydrogen) atoms. The smallest absolute Gasteiger partial charge is 0.411 e. The Labute approximate surface area is 164 Å². The number of aliphatic hydroxyl groups is 1. The molecule has 0 heterocycles.